The van der Waals surface area contributed by atoms with Crippen LogP contribution >= 0.6 is 55.1 Å². The van der Waals surface area contributed by atoms with Gasteiger partial charge in [0.2, 0.25) is 0 Å². The highest BCUT2D eigenvalue weighted by Crippen LogP contribution is 2.37. The van der Waals surface area contributed by atoms with Gasteiger partial charge in [-0.15, -0.1) is 0 Å². The van der Waals surface area contributed by atoms with Crippen LogP contribution in [-0.2, 0) is 0 Å². The molecule has 88 valence electrons. The maximum Gasteiger partial charge on any atom is 0.161 e. The van der Waals surface area contributed by atoms with Gasteiger partial charge in [-0.25, -0.2) is 9.97 Å². The van der Waals surface area contributed by atoms with Crippen molar-refractivity contribution in [2.75, 3.05) is 0 Å². The Morgan fingerprint density at radius 1 is 0.833 bits per heavy atom. The van der Waals surface area contributed by atoms with Gasteiger partial charge in [0, 0.05) is 0 Å². The molecule has 8 heteroatoms. The van der Waals surface area contributed by atoms with Crippen molar-refractivity contribution in [1.82, 2.24) is 9.97 Å². The van der Waals surface area contributed by atoms with Gasteiger partial charge in [-0.05, 0) is 31.9 Å². The number of pyridine rings is 2. The molecule has 0 radical (unpaired) electrons. The zero-order valence-corrected chi connectivity index (χ0v) is 13.0. The van der Waals surface area contributed by atoms with E-state index in [0.717, 1.165) is 0 Å². The van der Waals surface area contributed by atoms with E-state index in [0.29, 0.717) is 20.0 Å². The number of hydrogen-bond donors (Lipinski definition) is 0. The van der Waals surface area contributed by atoms with Crippen molar-refractivity contribution < 1.29 is 0 Å². The van der Waals surface area contributed by atoms with E-state index >= 15 is 0 Å². The second-order valence-corrected chi connectivity index (χ2v) is 5.44. The highest BCUT2D eigenvalue weighted by atomic mass is 79.9. The van der Waals surface area contributed by atoms with Gasteiger partial charge < -0.3 is 0 Å². The molecule has 18 heavy (non-hydrogen) atoms. The van der Waals surface area contributed by atoms with E-state index in [-0.39, 0.29) is 21.4 Å². The zero-order chi connectivity index (χ0) is 13.4. The van der Waals surface area contributed by atoms with Crippen LogP contribution in [0.15, 0.2) is 8.95 Å². The molecule has 0 aliphatic carbocycles. The lowest BCUT2D eigenvalue weighted by Gasteiger charge is -2.07. The van der Waals surface area contributed by atoms with Gasteiger partial charge in [-0.1, -0.05) is 23.2 Å². The molecule has 0 saturated carbocycles. The number of aromatic nitrogens is 2. The first kappa shape index (κ1) is 13.5. The van der Waals surface area contributed by atoms with Gasteiger partial charge >= 0.3 is 0 Å². The Hall–Kier alpha value is -0.920. The maximum absolute atomic E-state index is 8.92. The van der Waals surface area contributed by atoms with Crippen LogP contribution in [0.1, 0.15) is 11.4 Å². The summed E-state index contributed by atoms with van der Waals surface area (Å²) in [7, 11) is 0. The van der Waals surface area contributed by atoms with Crippen LogP contribution in [0, 0.1) is 22.7 Å². The molecular weight excluding hydrogens is 407 g/mol. The minimum Gasteiger partial charge on any atom is -0.233 e. The molecule has 2 rings (SSSR count). The standard InChI is InChI=1S/C10Br2Cl2N4/c11-5-7(13)3(1-15)17-9-6(12)8(14)4(2-16)18-10(5)9. The summed E-state index contributed by atoms with van der Waals surface area (Å²) in [4.78, 5) is 8.13. The smallest absolute Gasteiger partial charge is 0.161 e. The van der Waals surface area contributed by atoms with Gasteiger partial charge in [0.1, 0.15) is 23.2 Å². The Morgan fingerprint density at radius 2 is 1.17 bits per heavy atom. The van der Waals surface area contributed by atoms with Crippen molar-refractivity contribution in [2.24, 2.45) is 0 Å². The number of rotatable bonds is 0. The highest BCUT2D eigenvalue weighted by Gasteiger charge is 2.19. The highest BCUT2D eigenvalue weighted by molar-refractivity contribution is 9.11. The predicted molar refractivity (Wildman–Crippen MR) is 74.4 cm³/mol. The van der Waals surface area contributed by atoms with Crippen LogP contribution in [0.4, 0.5) is 0 Å². The normalized spacial score (nSPS) is 10.1. The first-order valence-corrected chi connectivity index (χ1v) is 6.69. The lowest BCUT2D eigenvalue weighted by Crippen LogP contribution is -1.96. The molecule has 0 saturated heterocycles. The zero-order valence-electron chi connectivity index (χ0n) is 8.30. The molecule has 0 amide bonds. The largest absolute Gasteiger partial charge is 0.233 e. The van der Waals surface area contributed by atoms with Gasteiger partial charge in [0.15, 0.2) is 11.4 Å². The summed E-state index contributed by atoms with van der Waals surface area (Å²) in [6.45, 7) is 0. The van der Waals surface area contributed by atoms with Crippen LogP contribution in [0.3, 0.4) is 0 Å². The van der Waals surface area contributed by atoms with Crippen molar-refractivity contribution in [3.05, 3.63) is 30.4 Å². The monoisotopic (exact) mass is 404 g/mol. The van der Waals surface area contributed by atoms with Gasteiger partial charge in [0.05, 0.1) is 19.0 Å². The van der Waals surface area contributed by atoms with E-state index in [1.54, 1.807) is 0 Å². The van der Waals surface area contributed by atoms with Crippen LogP contribution < -0.4 is 0 Å². The molecule has 4 nitrogen and oxygen atoms in total. The quantitative estimate of drug-likeness (QED) is 0.657. The third kappa shape index (κ3) is 1.96. The molecule has 2 heterocycles. The van der Waals surface area contributed by atoms with Crippen molar-refractivity contribution in [3.8, 4) is 12.1 Å². The Labute approximate surface area is 128 Å². The SMILES string of the molecule is N#Cc1nc2c(Br)c(Cl)c(C#N)nc2c(Br)c1Cl. The van der Waals surface area contributed by atoms with Crippen molar-refractivity contribution >= 4 is 66.1 Å². The Kier molecular flexibility index (Phi) is 3.74. The van der Waals surface area contributed by atoms with Crippen LogP contribution in [0.5, 0.6) is 0 Å². The summed E-state index contributed by atoms with van der Waals surface area (Å²) in [5.41, 5.74) is 0.845. The number of halogens is 4. The topological polar surface area (TPSA) is 73.4 Å². The van der Waals surface area contributed by atoms with Crippen molar-refractivity contribution in [3.63, 3.8) is 0 Å². The average molecular weight is 407 g/mol. The molecule has 0 aromatic carbocycles. The van der Waals surface area contributed by atoms with Crippen LogP contribution in [-0.4, -0.2) is 9.97 Å². The van der Waals surface area contributed by atoms with Crippen molar-refractivity contribution in [2.45, 2.75) is 0 Å². The Morgan fingerprint density at radius 3 is 1.44 bits per heavy atom. The Bertz CT molecular complexity index is 696. The van der Waals surface area contributed by atoms with E-state index in [1.807, 2.05) is 12.1 Å². The van der Waals surface area contributed by atoms with E-state index < -0.39 is 0 Å². The lowest BCUT2D eigenvalue weighted by molar-refractivity contribution is 1.25. The number of hydrogen-bond acceptors (Lipinski definition) is 4. The Balaban J connectivity index is 3.05. The molecule has 0 spiro atoms. The first-order chi connectivity index (χ1) is 8.51. The fourth-order valence-electron chi connectivity index (χ4n) is 1.30. The van der Waals surface area contributed by atoms with E-state index in [9.17, 15) is 0 Å². The van der Waals surface area contributed by atoms with E-state index in [1.165, 1.54) is 0 Å². The molecule has 0 aliphatic heterocycles. The molecule has 0 aliphatic rings. The number of nitriles is 2. The molecule has 2 aromatic rings. The van der Waals surface area contributed by atoms with Crippen molar-refractivity contribution in [1.29, 1.82) is 10.5 Å². The second-order valence-electron chi connectivity index (χ2n) is 3.10. The van der Waals surface area contributed by atoms with Gasteiger partial charge in [-0.2, -0.15) is 10.5 Å². The number of fused-ring (bicyclic) bond motifs is 1. The van der Waals surface area contributed by atoms with Crippen LogP contribution in [0.2, 0.25) is 10.0 Å². The fourth-order valence-corrected chi connectivity index (χ4v) is 2.57. The molecule has 0 fully saturated rings. The summed E-state index contributed by atoms with van der Waals surface area (Å²) in [5.74, 6) is 0. The minimum absolute atomic E-state index is 0.0549. The molecule has 0 atom stereocenters. The molecule has 0 bridgehead atoms. The third-order valence-corrected chi connectivity index (χ3v) is 4.84. The number of nitrogens with zero attached hydrogens (tertiary/aromatic N) is 4. The maximum atomic E-state index is 8.92. The summed E-state index contributed by atoms with van der Waals surface area (Å²) >= 11 is 18.4. The molecular formula is C10Br2Cl2N4. The summed E-state index contributed by atoms with van der Waals surface area (Å²) in [5, 5.41) is 18.1. The van der Waals surface area contributed by atoms with Gasteiger partial charge in [0.25, 0.3) is 0 Å². The third-order valence-electron chi connectivity index (χ3n) is 2.10. The molecule has 0 unspecified atom stereocenters. The summed E-state index contributed by atoms with van der Waals surface area (Å²) in [6, 6.07) is 3.75. The lowest BCUT2D eigenvalue weighted by atomic mass is 10.2. The van der Waals surface area contributed by atoms with E-state index in [2.05, 4.69) is 41.8 Å². The predicted octanol–water partition coefficient (Wildman–Crippen LogP) is 4.20. The van der Waals surface area contributed by atoms with Crippen LogP contribution in [0.25, 0.3) is 11.0 Å². The minimum atomic E-state index is 0.0549. The first-order valence-electron chi connectivity index (χ1n) is 4.35. The van der Waals surface area contributed by atoms with Gasteiger partial charge in [-0.3, -0.25) is 0 Å². The fraction of sp³-hybridized carbons (Fsp3) is 0. The second kappa shape index (κ2) is 4.99. The van der Waals surface area contributed by atoms with E-state index in [4.69, 9.17) is 33.7 Å². The molecule has 2 aromatic heterocycles. The summed E-state index contributed by atoms with van der Waals surface area (Å²) < 4.78 is 0.805. The molecule has 0 N–H and O–H groups in total. The summed E-state index contributed by atoms with van der Waals surface area (Å²) in [6.07, 6.45) is 0. The average Bonchev–Trinajstić information content (AvgIpc) is 2.38.